The van der Waals surface area contributed by atoms with E-state index in [9.17, 15) is 9.90 Å². The molecule has 3 aromatic heterocycles. The number of hydrogen-bond acceptors (Lipinski definition) is 4. The molecule has 6 rings (SSSR count). The molecular formula is C33H38N4O3. The Labute approximate surface area is 233 Å². The van der Waals surface area contributed by atoms with Gasteiger partial charge in [-0.25, -0.2) is 0 Å². The molecule has 8 bridgehead atoms. The van der Waals surface area contributed by atoms with Gasteiger partial charge in [-0.05, 0) is 79.2 Å². The van der Waals surface area contributed by atoms with E-state index < -0.39 is 11.9 Å². The van der Waals surface area contributed by atoms with Gasteiger partial charge in [-0.15, -0.1) is 0 Å². The Bertz CT molecular complexity index is 1880. The first-order chi connectivity index (χ1) is 19.1. The molecule has 7 nitrogen and oxygen atoms in total. The Morgan fingerprint density at radius 1 is 1.00 bits per heavy atom. The zero-order valence-electron chi connectivity index (χ0n) is 24.3. The summed E-state index contributed by atoms with van der Waals surface area (Å²) in [5, 5.41) is 18.8. The molecule has 4 atom stereocenters. The minimum absolute atomic E-state index is 0.0540. The number of aromatic nitrogens is 3. The second-order valence-electron chi connectivity index (χ2n) is 11.5. The van der Waals surface area contributed by atoms with E-state index >= 15 is 0 Å². The molecule has 1 saturated heterocycles. The summed E-state index contributed by atoms with van der Waals surface area (Å²) >= 11 is 0. The average Bonchev–Trinajstić information content (AvgIpc) is 3.66. The van der Waals surface area contributed by atoms with Gasteiger partial charge >= 0.3 is 5.97 Å². The third-order valence-electron chi connectivity index (χ3n) is 9.57. The van der Waals surface area contributed by atoms with Gasteiger partial charge in [-0.2, -0.15) is 0 Å². The Morgan fingerprint density at radius 3 is 2.38 bits per heavy atom. The Hall–Kier alpha value is -4.13. The van der Waals surface area contributed by atoms with Crippen molar-refractivity contribution in [3.63, 3.8) is 0 Å². The van der Waals surface area contributed by atoms with Gasteiger partial charge in [0.1, 0.15) is 11.7 Å². The van der Waals surface area contributed by atoms with Gasteiger partial charge in [0.05, 0.1) is 18.5 Å². The van der Waals surface area contributed by atoms with Crippen LogP contribution < -0.4 is 26.6 Å². The average molecular weight is 539 g/mol. The van der Waals surface area contributed by atoms with Crippen molar-refractivity contribution >= 4 is 41.6 Å². The van der Waals surface area contributed by atoms with Gasteiger partial charge in [0.25, 0.3) is 0 Å². The number of carbonyl (C=O) groups is 1. The number of aromatic amines is 3. The lowest BCUT2D eigenvalue weighted by Crippen LogP contribution is -2.37. The van der Waals surface area contributed by atoms with E-state index in [0.29, 0.717) is 5.22 Å². The standard InChI is InChI=1S/C33H38N4O3/c1-9-19-16(5)22-11-21-14(3)15(4)30(36-21)28-29(33(39)40-8)32(38)27-18(7)24(37-31(27)28)13-26-20(10-2)17(6)23(35-26)12-25(19)34-22/h9,11-15,29-30,34-38H,1,10H2,2-8H3/b21-11+,23-12-,26-13-/t14-,15-,29+,30?/m0/s1. The van der Waals surface area contributed by atoms with E-state index in [2.05, 4.69) is 79.7 Å². The van der Waals surface area contributed by atoms with Crippen LogP contribution in [0.5, 0.6) is 0 Å². The highest BCUT2D eigenvalue weighted by atomic mass is 16.5. The Morgan fingerprint density at radius 2 is 1.70 bits per heavy atom. The van der Waals surface area contributed by atoms with Crippen LogP contribution in [-0.2, 0) is 16.0 Å². The maximum absolute atomic E-state index is 13.1. The lowest BCUT2D eigenvalue weighted by Gasteiger charge is -2.23. The van der Waals surface area contributed by atoms with Crippen molar-refractivity contribution in [3.8, 4) is 0 Å². The first-order valence-electron chi connectivity index (χ1n) is 14.1. The van der Waals surface area contributed by atoms with Crippen molar-refractivity contribution in [1.82, 2.24) is 20.3 Å². The Balaban J connectivity index is 1.75. The van der Waals surface area contributed by atoms with Crippen LogP contribution in [-0.4, -0.2) is 39.2 Å². The van der Waals surface area contributed by atoms with E-state index in [1.165, 1.54) is 18.2 Å². The summed E-state index contributed by atoms with van der Waals surface area (Å²) in [4.78, 5) is 24.0. The fraction of sp³-hybridized carbons (Fsp3) is 0.364. The summed E-state index contributed by atoms with van der Waals surface area (Å²) in [5.74, 6) is -0.889. The van der Waals surface area contributed by atoms with Crippen molar-refractivity contribution in [3.05, 3.63) is 78.4 Å². The molecule has 7 heteroatoms. The fourth-order valence-corrected chi connectivity index (χ4v) is 6.99. The van der Waals surface area contributed by atoms with E-state index in [0.717, 1.165) is 67.5 Å². The van der Waals surface area contributed by atoms with Crippen molar-refractivity contribution < 1.29 is 14.6 Å². The molecule has 1 aliphatic carbocycles. The quantitative estimate of drug-likeness (QED) is 0.331. The van der Waals surface area contributed by atoms with Gasteiger partial charge < -0.3 is 30.1 Å². The topological polar surface area (TPSA) is 106 Å². The number of aliphatic hydroxyl groups excluding tert-OH is 1. The molecule has 0 aromatic carbocycles. The van der Waals surface area contributed by atoms with E-state index in [-0.39, 0.29) is 23.6 Å². The van der Waals surface area contributed by atoms with Gasteiger partial charge in [0.2, 0.25) is 0 Å². The van der Waals surface area contributed by atoms with Crippen LogP contribution in [0.2, 0.25) is 0 Å². The van der Waals surface area contributed by atoms with E-state index in [1.54, 1.807) is 0 Å². The summed E-state index contributed by atoms with van der Waals surface area (Å²) in [7, 11) is 1.38. The van der Waals surface area contributed by atoms with Gasteiger partial charge in [0.15, 0.2) is 0 Å². The molecule has 1 fully saturated rings. The maximum Gasteiger partial charge on any atom is 0.320 e. The zero-order chi connectivity index (χ0) is 28.6. The number of aliphatic hydroxyl groups is 1. The molecule has 0 amide bonds. The number of rotatable bonds is 3. The first kappa shape index (κ1) is 26.1. The van der Waals surface area contributed by atoms with Crippen LogP contribution in [0.3, 0.4) is 0 Å². The molecule has 1 unspecified atom stereocenters. The number of methoxy groups -OCH3 is 1. The maximum atomic E-state index is 13.1. The third-order valence-corrected chi connectivity index (χ3v) is 9.57. The molecule has 0 spiro atoms. The van der Waals surface area contributed by atoms with E-state index in [4.69, 9.17) is 4.74 Å². The highest BCUT2D eigenvalue weighted by Gasteiger charge is 2.45. The van der Waals surface area contributed by atoms with Crippen LogP contribution in [0.1, 0.15) is 65.7 Å². The highest BCUT2D eigenvalue weighted by molar-refractivity contribution is 5.95. The van der Waals surface area contributed by atoms with Crippen molar-refractivity contribution in [1.29, 1.82) is 0 Å². The number of nitrogens with one attached hydrogen (secondary N) is 4. The second-order valence-corrected chi connectivity index (χ2v) is 11.5. The smallest absolute Gasteiger partial charge is 0.320 e. The molecule has 5 heterocycles. The molecule has 0 saturated carbocycles. The SMILES string of the molecule is C=Cc1c2[nH]c(c1C)/C=C1/NC(C3=c4[nH]c(c(C)c4=C(O)[C@@H]3C(=O)OC)/C=c3\[nH]/c(c(C)c3CC)=C\2)[C@@H](C)[C@@H]1C. The molecule has 208 valence electrons. The van der Waals surface area contributed by atoms with Gasteiger partial charge in [-0.3, -0.25) is 4.79 Å². The molecule has 3 aliphatic rings. The molecule has 3 aromatic rings. The summed E-state index contributed by atoms with van der Waals surface area (Å²) in [6, 6.07) is -0.168. The molecule has 40 heavy (non-hydrogen) atoms. The van der Waals surface area contributed by atoms with Crippen LogP contribution in [0.4, 0.5) is 0 Å². The number of esters is 1. The highest BCUT2D eigenvalue weighted by Crippen LogP contribution is 2.40. The predicted molar refractivity (Wildman–Crippen MR) is 160 cm³/mol. The summed E-state index contributed by atoms with van der Waals surface area (Å²) in [5.41, 5.74) is 10.4. The monoisotopic (exact) mass is 538 g/mol. The molecular weight excluding hydrogens is 500 g/mol. The van der Waals surface area contributed by atoms with Gasteiger partial charge in [-0.1, -0.05) is 33.4 Å². The number of carbonyl (C=O) groups excluding carboxylic acids is 1. The van der Waals surface area contributed by atoms with Crippen LogP contribution in [0.15, 0.2) is 12.3 Å². The number of allylic oxidation sites excluding steroid dienone is 1. The minimum atomic E-state index is -0.851. The lowest BCUT2D eigenvalue weighted by molar-refractivity contribution is -0.142. The van der Waals surface area contributed by atoms with Crippen molar-refractivity contribution in [2.24, 2.45) is 17.8 Å². The zero-order valence-corrected chi connectivity index (χ0v) is 24.3. The largest absolute Gasteiger partial charge is 0.510 e. The third kappa shape index (κ3) is 3.53. The fourth-order valence-electron chi connectivity index (χ4n) is 6.99. The second kappa shape index (κ2) is 9.22. The summed E-state index contributed by atoms with van der Waals surface area (Å²) in [6.45, 7) is 16.9. The van der Waals surface area contributed by atoms with Gasteiger partial charge in [0, 0.05) is 50.2 Å². The number of H-pyrrole nitrogens is 3. The van der Waals surface area contributed by atoms with Crippen LogP contribution >= 0.6 is 0 Å². The van der Waals surface area contributed by atoms with Crippen molar-refractivity contribution in [2.75, 3.05) is 7.11 Å². The number of ether oxygens (including phenoxy) is 1. The van der Waals surface area contributed by atoms with Crippen molar-refractivity contribution in [2.45, 2.75) is 54.0 Å². The van der Waals surface area contributed by atoms with Crippen LogP contribution in [0, 0.1) is 38.5 Å². The summed E-state index contributed by atoms with van der Waals surface area (Å²) < 4.78 is 5.20. The molecule has 0 radical (unpaired) electrons. The molecule has 5 N–H and O–H groups in total. The number of hydrogen-bond donors (Lipinski definition) is 5. The van der Waals surface area contributed by atoms with E-state index in [1.807, 2.05) is 13.0 Å². The normalized spacial score (nSPS) is 25.9. The predicted octanol–water partition coefficient (Wildman–Crippen LogP) is 2.68. The summed E-state index contributed by atoms with van der Waals surface area (Å²) in [6.07, 6.45) is 9.27. The minimum Gasteiger partial charge on any atom is -0.510 e. The molecule has 2 aliphatic heterocycles. The Kier molecular flexibility index (Phi) is 6.02. The van der Waals surface area contributed by atoms with Crippen LogP contribution in [0.25, 0.3) is 35.6 Å². The number of fused-ring (bicyclic) bond motifs is 8. The lowest BCUT2D eigenvalue weighted by atomic mass is 9.84. The first-order valence-corrected chi connectivity index (χ1v) is 14.1.